The number of hydrogen-bond acceptors (Lipinski definition) is 2. The second-order valence-electron chi connectivity index (χ2n) is 5.95. The fraction of sp³-hybridized carbons (Fsp3) is 0.278. The number of fused-ring (bicyclic) bond motifs is 2. The lowest BCUT2D eigenvalue weighted by Crippen LogP contribution is -2.35. The molecule has 3 heteroatoms. The Morgan fingerprint density at radius 1 is 1.14 bits per heavy atom. The molecule has 0 aliphatic carbocycles. The van der Waals surface area contributed by atoms with E-state index in [1.165, 1.54) is 16.3 Å². The molecule has 3 aromatic rings. The van der Waals surface area contributed by atoms with Crippen molar-refractivity contribution in [3.05, 3.63) is 54.5 Å². The van der Waals surface area contributed by atoms with Gasteiger partial charge in [-0.2, -0.15) is 0 Å². The fourth-order valence-electron chi connectivity index (χ4n) is 3.20. The average molecular weight is 277 g/mol. The zero-order valence-electron chi connectivity index (χ0n) is 12.2. The Labute approximate surface area is 124 Å². The molecule has 2 atom stereocenters. The number of imidazole rings is 1. The molecule has 0 saturated carbocycles. The molecule has 3 nitrogen and oxygen atoms in total. The first-order valence-electron chi connectivity index (χ1n) is 7.55. The zero-order chi connectivity index (χ0) is 14.4. The highest BCUT2D eigenvalue weighted by atomic mass is 15.1. The van der Waals surface area contributed by atoms with Gasteiger partial charge in [-0.1, -0.05) is 36.4 Å². The van der Waals surface area contributed by atoms with E-state index in [1.807, 2.05) is 0 Å². The highest BCUT2D eigenvalue weighted by Gasteiger charge is 2.24. The molecule has 4 rings (SSSR count). The van der Waals surface area contributed by atoms with Crippen LogP contribution in [-0.2, 0) is 6.42 Å². The van der Waals surface area contributed by atoms with Gasteiger partial charge in [-0.15, -0.1) is 0 Å². The number of nitrogens with zero attached hydrogens (tertiary/aromatic N) is 2. The third-order valence-electron chi connectivity index (χ3n) is 4.61. The SMILES string of the molecule is CC1C(N)CCc2nc(-c3ccc4ccccc4c3)cn21. The minimum Gasteiger partial charge on any atom is -0.330 e. The summed E-state index contributed by atoms with van der Waals surface area (Å²) in [6.07, 6.45) is 4.15. The number of benzene rings is 2. The van der Waals surface area contributed by atoms with Gasteiger partial charge < -0.3 is 10.3 Å². The van der Waals surface area contributed by atoms with E-state index >= 15 is 0 Å². The molecule has 0 amide bonds. The molecule has 0 spiro atoms. The minimum absolute atomic E-state index is 0.233. The number of aromatic nitrogens is 2. The van der Waals surface area contributed by atoms with Crippen LogP contribution in [0, 0.1) is 0 Å². The number of hydrogen-bond donors (Lipinski definition) is 1. The van der Waals surface area contributed by atoms with Crippen molar-refractivity contribution in [1.29, 1.82) is 0 Å². The Morgan fingerprint density at radius 2 is 1.95 bits per heavy atom. The van der Waals surface area contributed by atoms with Crippen molar-refractivity contribution < 1.29 is 0 Å². The Balaban J connectivity index is 1.80. The number of rotatable bonds is 1. The fourth-order valence-corrected chi connectivity index (χ4v) is 3.20. The van der Waals surface area contributed by atoms with Crippen LogP contribution in [0.3, 0.4) is 0 Å². The standard InChI is InChI=1S/C18H19N3/c1-12-16(19)8-9-18-20-17(11-21(12)18)15-7-6-13-4-2-3-5-14(13)10-15/h2-7,10-12,16H,8-9,19H2,1H3. The zero-order valence-corrected chi connectivity index (χ0v) is 12.2. The third-order valence-corrected chi connectivity index (χ3v) is 4.61. The van der Waals surface area contributed by atoms with Gasteiger partial charge in [0.2, 0.25) is 0 Å². The lowest BCUT2D eigenvalue weighted by molar-refractivity contribution is 0.368. The molecular formula is C18H19N3. The highest BCUT2D eigenvalue weighted by Crippen LogP contribution is 2.29. The van der Waals surface area contributed by atoms with Crippen molar-refractivity contribution in [3.8, 4) is 11.3 Å². The van der Waals surface area contributed by atoms with Crippen molar-refractivity contribution in [2.24, 2.45) is 5.73 Å². The molecular weight excluding hydrogens is 258 g/mol. The molecule has 21 heavy (non-hydrogen) atoms. The maximum atomic E-state index is 6.17. The van der Waals surface area contributed by atoms with Gasteiger partial charge in [0.25, 0.3) is 0 Å². The van der Waals surface area contributed by atoms with Crippen LogP contribution in [0.5, 0.6) is 0 Å². The summed E-state index contributed by atoms with van der Waals surface area (Å²) in [5, 5.41) is 2.52. The van der Waals surface area contributed by atoms with Crippen molar-refractivity contribution in [3.63, 3.8) is 0 Å². The van der Waals surface area contributed by atoms with Crippen LogP contribution in [0.2, 0.25) is 0 Å². The normalized spacial score (nSPS) is 21.4. The monoisotopic (exact) mass is 277 g/mol. The quantitative estimate of drug-likeness (QED) is 0.739. The summed E-state index contributed by atoms with van der Waals surface area (Å²) < 4.78 is 2.25. The van der Waals surface area contributed by atoms with Crippen LogP contribution in [-0.4, -0.2) is 15.6 Å². The lowest BCUT2D eigenvalue weighted by atomic mass is 10.0. The first-order chi connectivity index (χ1) is 10.2. The van der Waals surface area contributed by atoms with Crippen LogP contribution in [0.1, 0.15) is 25.2 Å². The second kappa shape index (κ2) is 4.71. The molecule has 0 radical (unpaired) electrons. The first-order valence-corrected chi connectivity index (χ1v) is 7.55. The molecule has 0 fully saturated rings. The van der Waals surface area contributed by atoms with E-state index < -0.39 is 0 Å². The number of aryl methyl sites for hydroxylation is 1. The molecule has 0 saturated heterocycles. The van der Waals surface area contributed by atoms with Crippen LogP contribution in [0.15, 0.2) is 48.7 Å². The van der Waals surface area contributed by atoms with E-state index in [2.05, 4.69) is 60.2 Å². The molecule has 106 valence electrons. The molecule has 0 bridgehead atoms. The summed E-state index contributed by atoms with van der Waals surface area (Å²) in [7, 11) is 0. The molecule has 1 aliphatic heterocycles. The Kier molecular flexibility index (Phi) is 2.82. The topological polar surface area (TPSA) is 43.8 Å². The molecule has 2 aromatic carbocycles. The van der Waals surface area contributed by atoms with Crippen LogP contribution in [0.25, 0.3) is 22.0 Å². The van der Waals surface area contributed by atoms with E-state index in [4.69, 9.17) is 10.7 Å². The van der Waals surface area contributed by atoms with Gasteiger partial charge >= 0.3 is 0 Å². The summed E-state index contributed by atoms with van der Waals surface area (Å²) >= 11 is 0. The maximum absolute atomic E-state index is 6.17. The van der Waals surface area contributed by atoms with E-state index in [-0.39, 0.29) is 6.04 Å². The van der Waals surface area contributed by atoms with Gasteiger partial charge in [0, 0.05) is 30.3 Å². The van der Waals surface area contributed by atoms with Crippen LogP contribution < -0.4 is 5.73 Å². The molecule has 1 aromatic heterocycles. The summed E-state index contributed by atoms with van der Waals surface area (Å²) in [4.78, 5) is 4.82. The summed E-state index contributed by atoms with van der Waals surface area (Å²) in [5.41, 5.74) is 8.40. The molecule has 2 unspecified atom stereocenters. The highest BCUT2D eigenvalue weighted by molar-refractivity contribution is 5.86. The van der Waals surface area contributed by atoms with Gasteiger partial charge in [0.15, 0.2) is 0 Å². The predicted molar refractivity (Wildman–Crippen MR) is 86.2 cm³/mol. The summed E-state index contributed by atoms with van der Waals surface area (Å²) in [6.45, 7) is 2.18. The van der Waals surface area contributed by atoms with Crippen LogP contribution in [0.4, 0.5) is 0 Å². The van der Waals surface area contributed by atoms with E-state index in [0.29, 0.717) is 6.04 Å². The van der Waals surface area contributed by atoms with Gasteiger partial charge in [-0.05, 0) is 30.2 Å². The Morgan fingerprint density at radius 3 is 2.81 bits per heavy atom. The van der Waals surface area contributed by atoms with Gasteiger partial charge in [0.1, 0.15) is 5.82 Å². The summed E-state index contributed by atoms with van der Waals surface area (Å²) in [5.74, 6) is 1.16. The van der Waals surface area contributed by atoms with Crippen molar-refractivity contribution in [1.82, 2.24) is 9.55 Å². The van der Waals surface area contributed by atoms with Crippen molar-refractivity contribution >= 4 is 10.8 Å². The van der Waals surface area contributed by atoms with Crippen molar-refractivity contribution in [2.75, 3.05) is 0 Å². The Hall–Kier alpha value is -2.13. The van der Waals surface area contributed by atoms with Crippen LogP contribution >= 0.6 is 0 Å². The van der Waals surface area contributed by atoms with Gasteiger partial charge in [0.05, 0.1) is 5.69 Å². The van der Waals surface area contributed by atoms with Gasteiger partial charge in [-0.3, -0.25) is 0 Å². The van der Waals surface area contributed by atoms with Crippen molar-refractivity contribution in [2.45, 2.75) is 31.8 Å². The predicted octanol–water partition coefficient (Wildman–Crippen LogP) is 3.54. The maximum Gasteiger partial charge on any atom is 0.109 e. The van der Waals surface area contributed by atoms with E-state index in [0.717, 1.165) is 24.4 Å². The molecule has 2 heterocycles. The molecule has 1 aliphatic rings. The second-order valence-corrected chi connectivity index (χ2v) is 5.95. The third kappa shape index (κ3) is 2.05. The average Bonchev–Trinajstić information content (AvgIpc) is 2.95. The van der Waals surface area contributed by atoms with Gasteiger partial charge in [-0.25, -0.2) is 4.98 Å². The Bertz CT molecular complexity index is 803. The largest absolute Gasteiger partial charge is 0.330 e. The minimum atomic E-state index is 0.233. The van der Waals surface area contributed by atoms with E-state index in [9.17, 15) is 0 Å². The first kappa shape index (κ1) is 12.6. The lowest BCUT2D eigenvalue weighted by Gasteiger charge is -2.27. The smallest absolute Gasteiger partial charge is 0.109 e. The number of nitrogens with two attached hydrogens (primary N) is 1. The molecule has 2 N–H and O–H groups in total. The summed E-state index contributed by atoms with van der Waals surface area (Å²) in [6, 6.07) is 15.5. The van der Waals surface area contributed by atoms with E-state index in [1.54, 1.807) is 0 Å².